The highest BCUT2D eigenvalue weighted by Gasteiger charge is 2.40. The standard InChI is InChI=1S/C15H22N6O/c1-2-17-14(22)15(9-16)4-7-21(8-5-15)13-11-3-6-18-12(11)19-10-20-13/h3,6,10H,2,4-5,7-9,16H2,1H3,(H,17,22)(H,18,19,20). The van der Waals surface area contributed by atoms with E-state index in [1.165, 1.54) is 0 Å². The molecular formula is C15H22N6O. The van der Waals surface area contributed by atoms with Gasteiger partial charge < -0.3 is 20.9 Å². The van der Waals surface area contributed by atoms with Gasteiger partial charge in [0.05, 0.1) is 10.8 Å². The first kappa shape index (κ1) is 14.8. The number of fused-ring (bicyclic) bond motifs is 1. The maximum atomic E-state index is 12.3. The number of nitrogens with two attached hydrogens (primary N) is 1. The van der Waals surface area contributed by atoms with E-state index in [0.717, 1.165) is 42.8 Å². The second-order valence-corrected chi connectivity index (χ2v) is 5.77. The van der Waals surface area contributed by atoms with Gasteiger partial charge in [-0.1, -0.05) is 0 Å². The van der Waals surface area contributed by atoms with Gasteiger partial charge in [-0.05, 0) is 25.8 Å². The van der Waals surface area contributed by atoms with Crippen molar-refractivity contribution < 1.29 is 4.79 Å². The highest BCUT2D eigenvalue weighted by molar-refractivity contribution is 5.88. The van der Waals surface area contributed by atoms with Crippen LogP contribution in [0.15, 0.2) is 18.6 Å². The average Bonchev–Trinajstić information content (AvgIpc) is 3.04. The lowest BCUT2D eigenvalue weighted by atomic mass is 9.77. The molecule has 0 aliphatic carbocycles. The molecule has 1 aliphatic rings. The quantitative estimate of drug-likeness (QED) is 0.769. The van der Waals surface area contributed by atoms with E-state index >= 15 is 0 Å². The van der Waals surface area contributed by atoms with Gasteiger partial charge in [-0.2, -0.15) is 0 Å². The van der Waals surface area contributed by atoms with Crippen LogP contribution in [0.5, 0.6) is 0 Å². The van der Waals surface area contributed by atoms with E-state index in [2.05, 4.69) is 25.2 Å². The van der Waals surface area contributed by atoms with Gasteiger partial charge in [-0.3, -0.25) is 4.79 Å². The van der Waals surface area contributed by atoms with Crippen LogP contribution < -0.4 is 16.0 Å². The molecule has 0 aromatic carbocycles. The van der Waals surface area contributed by atoms with Gasteiger partial charge in [0.15, 0.2) is 0 Å². The fourth-order valence-electron chi connectivity index (χ4n) is 3.13. The van der Waals surface area contributed by atoms with Gasteiger partial charge in [-0.15, -0.1) is 0 Å². The molecule has 1 fully saturated rings. The molecule has 118 valence electrons. The molecule has 0 radical (unpaired) electrons. The number of aromatic amines is 1. The van der Waals surface area contributed by atoms with Crippen LogP contribution in [0.2, 0.25) is 0 Å². The molecule has 0 atom stereocenters. The Hall–Kier alpha value is -2.15. The van der Waals surface area contributed by atoms with Crippen LogP contribution in [0, 0.1) is 5.41 Å². The summed E-state index contributed by atoms with van der Waals surface area (Å²) >= 11 is 0. The Morgan fingerprint density at radius 2 is 2.23 bits per heavy atom. The molecule has 0 spiro atoms. The van der Waals surface area contributed by atoms with Gasteiger partial charge in [0.25, 0.3) is 0 Å². The summed E-state index contributed by atoms with van der Waals surface area (Å²) in [4.78, 5) is 26.3. The molecule has 0 bridgehead atoms. The fraction of sp³-hybridized carbons (Fsp3) is 0.533. The van der Waals surface area contributed by atoms with Gasteiger partial charge in [-0.25, -0.2) is 9.97 Å². The summed E-state index contributed by atoms with van der Waals surface area (Å²) < 4.78 is 0. The van der Waals surface area contributed by atoms with Gasteiger partial charge >= 0.3 is 0 Å². The summed E-state index contributed by atoms with van der Waals surface area (Å²) in [5.74, 6) is 0.999. The van der Waals surface area contributed by atoms with Crippen LogP contribution in [0.25, 0.3) is 11.0 Å². The van der Waals surface area contributed by atoms with Gasteiger partial charge in [0.1, 0.15) is 17.8 Å². The molecule has 4 N–H and O–H groups in total. The zero-order valence-electron chi connectivity index (χ0n) is 12.8. The monoisotopic (exact) mass is 302 g/mol. The molecule has 22 heavy (non-hydrogen) atoms. The van der Waals surface area contributed by atoms with Crippen molar-refractivity contribution in [1.82, 2.24) is 20.3 Å². The number of nitrogens with one attached hydrogen (secondary N) is 2. The Morgan fingerprint density at radius 3 is 2.91 bits per heavy atom. The average molecular weight is 302 g/mol. The molecule has 2 aromatic rings. The van der Waals surface area contributed by atoms with Crippen LogP contribution in [0.3, 0.4) is 0 Å². The number of rotatable bonds is 4. The number of piperidine rings is 1. The van der Waals surface area contributed by atoms with Crippen molar-refractivity contribution in [1.29, 1.82) is 0 Å². The van der Waals surface area contributed by atoms with Crippen molar-refractivity contribution in [3.05, 3.63) is 18.6 Å². The molecule has 0 unspecified atom stereocenters. The number of hydrogen-bond donors (Lipinski definition) is 3. The van der Waals surface area contributed by atoms with Crippen LogP contribution in [0.4, 0.5) is 5.82 Å². The largest absolute Gasteiger partial charge is 0.356 e. The number of H-pyrrole nitrogens is 1. The number of nitrogens with zero attached hydrogens (tertiary/aromatic N) is 3. The Morgan fingerprint density at radius 1 is 1.45 bits per heavy atom. The summed E-state index contributed by atoms with van der Waals surface area (Å²) in [7, 11) is 0. The van der Waals surface area contributed by atoms with Gasteiger partial charge in [0.2, 0.25) is 5.91 Å². The zero-order chi connectivity index (χ0) is 15.6. The van der Waals surface area contributed by atoms with E-state index in [1.54, 1.807) is 6.33 Å². The normalized spacial score (nSPS) is 17.6. The van der Waals surface area contributed by atoms with E-state index < -0.39 is 5.41 Å². The Bertz CT molecular complexity index is 659. The molecule has 0 saturated carbocycles. The highest BCUT2D eigenvalue weighted by Crippen LogP contribution is 2.34. The van der Waals surface area contributed by atoms with Gasteiger partial charge in [0, 0.05) is 32.4 Å². The maximum Gasteiger partial charge on any atom is 0.227 e. The van der Waals surface area contributed by atoms with E-state index in [9.17, 15) is 4.79 Å². The Labute approximate surface area is 129 Å². The van der Waals surface area contributed by atoms with Crippen molar-refractivity contribution in [3.63, 3.8) is 0 Å². The zero-order valence-corrected chi connectivity index (χ0v) is 12.8. The number of amides is 1. The van der Waals surface area contributed by atoms with E-state index in [4.69, 9.17) is 5.73 Å². The fourth-order valence-corrected chi connectivity index (χ4v) is 3.13. The van der Waals surface area contributed by atoms with E-state index in [1.807, 2.05) is 19.2 Å². The second-order valence-electron chi connectivity index (χ2n) is 5.77. The van der Waals surface area contributed by atoms with Crippen molar-refractivity contribution >= 4 is 22.8 Å². The molecule has 3 heterocycles. The third kappa shape index (κ3) is 2.41. The molecule has 7 heteroatoms. The van der Waals surface area contributed by atoms with Crippen LogP contribution in [-0.4, -0.2) is 47.0 Å². The summed E-state index contributed by atoms with van der Waals surface area (Å²) in [6.07, 6.45) is 4.92. The minimum Gasteiger partial charge on any atom is -0.356 e. The molecule has 1 saturated heterocycles. The third-order valence-electron chi connectivity index (χ3n) is 4.56. The van der Waals surface area contributed by atoms with Crippen molar-refractivity contribution in [2.75, 3.05) is 31.1 Å². The maximum absolute atomic E-state index is 12.3. The molecule has 1 aliphatic heterocycles. The van der Waals surface area contributed by atoms with Crippen molar-refractivity contribution in [2.45, 2.75) is 19.8 Å². The molecule has 2 aromatic heterocycles. The lowest BCUT2D eigenvalue weighted by Gasteiger charge is -2.40. The minimum absolute atomic E-state index is 0.0756. The van der Waals surface area contributed by atoms with Crippen LogP contribution in [-0.2, 0) is 4.79 Å². The molecule has 1 amide bonds. The first-order chi connectivity index (χ1) is 10.7. The van der Waals surface area contributed by atoms with E-state index in [-0.39, 0.29) is 5.91 Å². The number of aromatic nitrogens is 3. The number of carbonyl (C=O) groups excluding carboxylic acids is 1. The van der Waals surface area contributed by atoms with Crippen LogP contribution in [0.1, 0.15) is 19.8 Å². The highest BCUT2D eigenvalue weighted by atomic mass is 16.2. The topological polar surface area (TPSA) is 99.9 Å². The summed E-state index contributed by atoms with van der Waals surface area (Å²) in [6.45, 7) is 4.49. The Kier molecular flexibility index (Phi) is 3.98. The summed E-state index contributed by atoms with van der Waals surface area (Å²) in [6, 6.07) is 1.99. The van der Waals surface area contributed by atoms with Crippen LogP contribution >= 0.6 is 0 Å². The summed E-state index contributed by atoms with van der Waals surface area (Å²) in [5.41, 5.74) is 6.31. The van der Waals surface area contributed by atoms with Crippen molar-refractivity contribution in [3.8, 4) is 0 Å². The van der Waals surface area contributed by atoms with E-state index in [0.29, 0.717) is 13.1 Å². The third-order valence-corrected chi connectivity index (χ3v) is 4.56. The molecular weight excluding hydrogens is 280 g/mol. The minimum atomic E-state index is -0.448. The predicted octanol–water partition coefficient (Wildman–Crippen LogP) is 0.639. The second kappa shape index (κ2) is 5.92. The lowest BCUT2D eigenvalue weighted by Crippen LogP contribution is -2.52. The Balaban J connectivity index is 1.79. The lowest BCUT2D eigenvalue weighted by molar-refractivity contribution is -0.131. The first-order valence-electron chi connectivity index (χ1n) is 7.71. The first-order valence-corrected chi connectivity index (χ1v) is 7.71. The molecule has 3 rings (SSSR count). The number of anilines is 1. The predicted molar refractivity (Wildman–Crippen MR) is 85.5 cm³/mol. The number of carbonyl (C=O) groups is 1. The SMILES string of the molecule is CCNC(=O)C1(CN)CCN(c2ncnc3[nH]ccc23)CC1. The molecule has 7 nitrogen and oxygen atoms in total. The smallest absolute Gasteiger partial charge is 0.227 e. The number of hydrogen-bond acceptors (Lipinski definition) is 5. The summed E-state index contributed by atoms with van der Waals surface area (Å²) in [5, 5.41) is 3.93. The van der Waals surface area contributed by atoms with Crippen molar-refractivity contribution in [2.24, 2.45) is 11.1 Å².